The van der Waals surface area contributed by atoms with E-state index in [0.29, 0.717) is 28.8 Å². The Labute approximate surface area is 147 Å². The Morgan fingerprint density at radius 3 is 2.88 bits per heavy atom. The molecule has 1 aliphatic carbocycles. The van der Waals surface area contributed by atoms with E-state index in [1.165, 1.54) is 24.6 Å². The lowest BCUT2D eigenvalue weighted by atomic mass is 9.78. The molecule has 0 aliphatic heterocycles. The quantitative estimate of drug-likeness (QED) is 0.814. The molecule has 1 amide bonds. The van der Waals surface area contributed by atoms with Gasteiger partial charge >= 0.3 is 0 Å². The van der Waals surface area contributed by atoms with E-state index in [4.69, 9.17) is 0 Å². The Morgan fingerprint density at radius 1 is 1.29 bits per heavy atom. The summed E-state index contributed by atoms with van der Waals surface area (Å²) in [4.78, 5) is 16.7. The van der Waals surface area contributed by atoms with E-state index in [-0.39, 0.29) is 5.91 Å². The van der Waals surface area contributed by atoms with E-state index >= 15 is 0 Å². The van der Waals surface area contributed by atoms with Gasteiger partial charge in [0.25, 0.3) is 0 Å². The SMILES string of the molecule is C[C@@H]1[C@H](C)CCC[C@@H]1NC(=O)CSc1n[nH]c(-c2ccccc2)n1. The molecular weight excluding hydrogens is 320 g/mol. The van der Waals surface area contributed by atoms with Gasteiger partial charge < -0.3 is 5.32 Å². The summed E-state index contributed by atoms with van der Waals surface area (Å²) in [5, 5.41) is 10.9. The molecule has 0 radical (unpaired) electrons. The van der Waals surface area contributed by atoms with Crippen molar-refractivity contribution in [2.24, 2.45) is 11.8 Å². The number of nitrogens with one attached hydrogen (secondary N) is 2. The van der Waals surface area contributed by atoms with Crippen LogP contribution in [-0.4, -0.2) is 32.9 Å². The molecule has 3 atom stereocenters. The number of benzene rings is 1. The number of rotatable bonds is 5. The van der Waals surface area contributed by atoms with Crippen molar-refractivity contribution in [2.45, 2.75) is 44.3 Å². The minimum atomic E-state index is 0.0667. The molecule has 0 unspecified atom stereocenters. The molecule has 1 heterocycles. The topological polar surface area (TPSA) is 70.7 Å². The zero-order chi connectivity index (χ0) is 16.9. The van der Waals surface area contributed by atoms with E-state index in [9.17, 15) is 4.79 Å². The summed E-state index contributed by atoms with van der Waals surface area (Å²) in [6, 6.07) is 10.1. The summed E-state index contributed by atoms with van der Waals surface area (Å²) in [6.07, 6.45) is 3.55. The van der Waals surface area contributed by atoms with E-state index in [0.717, 1.165) is 17.8 Å². The maximum Gasteiger partial charge on any atom is 0.230 e. The van der Waals surface area contributed by atoms with Crippen LogP contribution < -0.4 is 5.32 Å². The molecule has 128 valence electrons. The lowest BCUT2D eigenvalue weighted by molar-refractivity contribution is -0.120. The second kappa shape index (κ2) is 7.83. The number of hydrogen-bond acceptors (Lipinski definition) is 4. The van der Waals surface area contributed by atoms with Crippen molar-refractivity contribution in [3.63, 3.8) is 0 Å². The molecule has 0 spiro atoms. The summed E-state index contributed by atoms with van der Waals surface area (Å²) in [7, 11) is 0. The van der Waals surface area contributed by atoms with Gasteiger partial charge in [-0.25, -0.2) is 4.98 Å². The highest BCUT2D eigenvalue weighted by atomic mass is 32.2. The van der Waals surface area contributed by atoms with Crippen LogP contribution >= 0.6 is 11.8 Å². The molecule has 1 aliphatic rings. The summed E-state index contributed by atoms with van der Waals surface area (Å²) in [5.74, 6) is 2.37. The third-order valence-corrected chi connectivity index (χ3v) is 5.75. The fourth-order valence-corrected chi connectivity index (χ4v) is 3.81. The Hall–Kier alpha value is -1.82. The summed E-state index contributed by atoms with van der Waals surface area (Å²) in [5.41, 5.74) is 0.992. The zero-order valence-electron chi connectivity index (χ0n) is 14.2. The highest BCUT2D eigenvalue weighted by Gasteiger charge is 2.28. The minimum Gasteiger partial charge on any atom is -0.352 e. The molecule has 3 rings (SSSR count). The van der Waals surface area contributed by atoms with Gasteiger partial charge in [-0.2, -0.15) is 0 Å². The van der Waals surface area contributed by atoms with E-state index in [1.54, 1.807) is 0 Å². The number of H-pyrrole nitrogens is 1. The van der Waals surface area contributed by atoms with Crippen molar-refractivity contribution in [3.05, 3.63) is 30.3 Å². The van der Waals surface area contributed by atoms with Crippen molar-refractivity contribution in [1.82, 2.24) is 20.5 Å². The molecule has 5 nitrogen and oxygen atoms in total. The zero-order valence-corrected chi connectivity index (χ0v) is 15.0. The fraction of sp³-hybridized carbons (Fsp3) is 0.500. The monoisotopic (exact) mass is 344 g/mol. The van der Waals surface area contributed by atoms with Crippen molar-refractivity contribution >= 4 is 17.7 Å². The number of amides is 1. The van der Waals surface area contributed by atoms with Gasteiger partial charge in [0.05, 0.1) is 5.75 Å². The molecular formula is C18H24N4OS. The first-order valence-electron chi connectivity index (χ1n) is 8.53. The number of aromatic nitrogens is 3. The Kier molecular flexibility index (Phi) is 5.56. The third kappa shape index (κ3) is 4.17. The molecule has 1 fully saturated rings. The van der Waals surface area contributed by atoms with Gasteiger partial charge in [0.1, 0.15) is 0 Å². The van der Waals surface area contributed by atoms with Gasteiger partial charge in [0.15, 0.2) is 5.82 Å². The first-order valence-corrected chi connectivity index (χ1v) is 9.52. The van der Waals surface area contributed by atoms with Crippen molar-refractivity contribution in [3.8, 4) is 11.4 Å². The molecule has 1 saturated carbocycles. The van der Waals surface area contributed by atoms with Crippen LogP contribution in [-0.2, 0) is 4.79 Å². The largest absolute Gasteiger partial charge is 0.352 e. The molecule has 1 aromatic heterocycles. The van der Waals surface area contributed by atoms with Gasteiger partial charge in [0, 0.05) is 11.6 Å². The van der Waals surface area contributed by atoms with Gasteiger partial charge in [-0.3, -0.25) is 9.89 Å². The number of thioether (sulfide) groups is 1. The molecule has 1 aromatic carbocycles. The second-order valence-corrected chi connectivity index (χ2v) is 7.51. The number of hydrogen-bond donors (Lipinski definition) is 2. The van der Waals surface area contributed by atoms with Crippen LogP contribution in [0.1, 0.15) is 33.1 Å². The first-order chi connectivity index (χ1) is 11.6. The highest BCUT2D eigenvalue weighted by Crippen LogP contribution is 2.29. The molecule has 0 saturated heterocycles. The average molecular weight is 344 g/mol. The van der Waals surface area contributed by atoms with Crippen molar-refractivity contribution < 1.29 is 4.79 Å². The smallest absolute Gasteiger partial charge is 0.230 e. The normalized spacial score (nSPS) is 23.8. The van der Waals surface area contributed by atoms with E-state index in [2.05, 4.69) is 34.3 Å². The number of carbonyl (C=O) groups is 1. The molecule has 6 heteroatoms. The minimum absolute atomic E-state index is 0.0667. The van der Waals surface area contributed by atoms with Gasteiger partial charge in [-0.15, -0.1) is 5.10 Å². The van der Waals surface area contributed by atoms with Crippen molar-refractivity contribution in [2.75, 3.05) is 5.75 Å². The van der Waals surface area contributed by atoms with Gasteiger partial charge in [-0.05, 0) is 18.3 Å². The van der Waals surface area contributed by atoms with Crippen LogP contribution in [0.25, 0.3) is 11.4 Å². The van der Waals surface area contributed by atoms with Crippen LogP contribution in [0.5, 0.6) is 0 Å². The van der Waals surface area contributed by atoms with Crippen LogP contribution in [0.2, 0.25) is 0 Å². The van der Waals surface area contributed by atoms with Crippen molar-refractivity contribution in [1.29, 1.82) is 0 Å². The Morgan fingerprint density at radius 2 is 2.08 bits per heavy atom. The number of nitrogens with zero attached hydrogens (tertiary/aromatic N) is 2. The standard InChI is InChI=1S/C18H24N4OS/c1-12-7-6-10-15(13(12)2)19-16(23)11-24-18-20-17(21-22-18)14-8-4-3-5-9-14/h3-5,8-9,12-13,15H,6-7,10-11H2,1-2H3,(H,19,23)(H,20,21,22)/t12-,13-,15+/m1/s1. The highest BCUT2D eigenvalue weighted by molar-refractivity contribution is 7.99. The van der Waals surface area contributed by atoms with Gasteiger partial charge in [0.2, 0.25) is 11.1 Å². The summed E-state index contributed by atoms with van der Waals surface area (Å²) >= 11 is 1.37. The molecule has 2 N–H and O–H groups in total. The summed E-state index contributed by atoms with van der Waals surface area (Å²) in [6.45, 7) is 4.51. The lowest BCUT2D eigenvalue weighted by Crippen LogP contribution is -2.44. The number of carbonyl (C=O) groups excluding carboxylic acids is 1. The summed E-state index contributed by atoms with van der Waals surface area (Å²) < 4.78 is 0. The van der Waals surface area contributed by atoms with Crippen LogP contribution in [0.15, 0.2) is 35.5 Å². The molecule has 2 aromatic rings. The molecule has 0 bridgehead atoms. The van der Waals surface area contributed by atoms with E-state index < -0.39 is 0 Å². The lowest BCUT2D eigenvalue weighted by Gasteiger charge is -2.34. The predicted octanol–water partition coefficient (Wildman–Crippen LogP) is 3.50. The Bertz CT molecular complexity index is 673. The second-order valence-electron chi connectivity index (χ2n) is 6.56. The number of aromatic amines is 1. The van der Waals surface area contributed by atoms with Gasteiger partial charge in [-0.1, -0.05) is 68.8 Å². The Balaban J connectivity index is 1.51. The molecule has 24 heavy (non-hydrogen) atoms. The van der Waals surface area contributed by atoms with E-state index in [1.807, 2.05) is 30.3 Å². The van der Waals surface area contributed by atoms with Crippen LogP contribution in [0.3, 0.4) is 0 Å². The maximum atomic E-state index is 12.2. The van der Waals surface area contributed by atoms with Crippen LogP contribution in [0, 0.1) is 11.8 Å². The average Bonchev–Trinajstić information content (AvgIpc) is 3.07. The third-order valence-electron chi connectivity index (χ3n) is 4.90. The fourth-order valence-electron chi connectivity index (χ4n) is 3.20. The maximum absolute atomic E-state index is 12.2. The first kappa shape index (κ1) is 17.0. The predicted molar refractivity (Wildman–Crippen MR) is 96.7 cm³/mol. The van der Waals surface area contributed by atoms with Crippen LogP contribution in [0.4, 0.5) is 0 Å².